The van der Waals surface area contributed by atoms with Crippen LogP contribution in [-0.2, 0) is 0 Å². The van der Waals surface area contributed by atoms with E-state index < -0.39 is 0 Å². The van der Waals surface area contributed by atoms with E-state index in [0.717, 1.165) is 6.42 Å². The van der Waals surface area contributed by atoms with Gasteiger partial charge in [-0.2, -0.15) is 0 Å². The molecule has 0 spiro atoms. The van der Waals surface area contributed by atoms with Crippen molar-refractivity contribution in [2.75, 3.05) is 0 Å². The zero-order chi connectivity index (χ0) is 7.11. The van der Waals surface area contributed by atoms with Gasteiger partial charge in [-0.15, -0.1) is 0 Å². The average Bonchev–Trinajstić information content (AvgIpc) is 1.80. The third kappa shape index (κ3) is 7.44. The Morgan fingerprint density at radius 1 is 1.44 bits per heavy atom. The molecular weight excluding hydrogens is 112 g/mol. The Hall–Kier alpha value is -0.560. The number of aliphatic hydroxyl groups is 1. The van der Waals surface area contributed by atoms with Gasteiger partial charge in [0, 0.05) is 0 Å². The number of hydrogen-bond donors (Lipinski definition) is 1. The first-order chi connectivity index (χ1) is 4.27. The minimum Gasteiger partial charge on any atom is -0.389 e. The molecule has 1 nitrogen and oxygen atoms in total. The van der Waals surface area contributed by atoms with Crippen LogP contribution in [0, 0.1) is 0 Å². The predicted molar refractivity (Wildman–Crippen MR) is 40.3 cm³/mol. The van der Waals surface area contributed by atoms with Gasteiger partial charge in [0.15, 0.2) is 0 Å². The van der Waals surface area contributed by atoms with Crippen molar-refractivity contribution >= 4 is 0 Å². The smallest absolute Gasteiger partial charge is 0.0695 e. The van der Waals surface area contributed by atoms with Crippen LogP contribution in [0.15, 0.2) is 24.3 Å². The van der Waals surface area contributed by atoms with Crippen molar-refractivity contribution in [3.8, 4) is 0 Å². The summed E-state index contributed by atoms with van der Waals surface area (Å²) in [7, 11) is 0. The molecule has 52 valence electrons. The maximum Gasteiger partial charge on any atom is 0.0695 e. The fraction of sp³-hybridized carbons (Fsp3) is 0.500. The molecule has 1 N–H and O–H groups in total. The van der Waals surface area contributed by atoms with Crippen molar-refractivity contribution in [1.29, 1.82) is 0 Å². The highest BCUT2D eigenvalue weighted by Crippen LogP contribution is 1.85. The topological polar surface area (TPSA) is 20.2 Å². The lowest BCUT2D eigenvalue weighted by Crippen LogP contribution is -1.90. The number of rotatable bonds is 3. The van der Waals surface area contributed by atoms with E-state index in [1.54, 1.807) is 13.0 Å². The molecule has 1 heteroatoms. The number of aliphatic hydroxyl groups excluding tert-OH is 1. The normalized spacial score (nSPS) is 15.4. The molecule has 0 fully saturated rings. The van der Waals surface area contributed by atoms with Crippen LogP contribution in [0.2, 0.25) is 0 Å². The average molecular weight is 126 g/mol. The van der Waals surface area contributed by atoms with Crippen molar-refractivity contribution in [3.63, 3.8) is 0 Å². The van der Waals surface area contributed by atoms with Crippen LogP contribution in [0.1, 0.15) is 20.3 Å². The molecule has 0 bridgehead atoms. The second-order valence-electron chi connectivity index (χ2n) is 1.96. The summed E-state index contributed by atoms with van der Waals surface area (Å²) in [4.78, 5) is 0. The summed E-state index contributed by atoms with van der Waals surface area (Å²) in [6.07, 6.45) is 8.29. The predicted octanol–water partition coefficient (Wildman–Crippen LogP) is 1.89. The monoisotopic (exact) mass is 126 g/mol. The van der Waals surface area contributed by atoms with Gasteiger partial charge in [-0.3, -0.25) is 0 Å². The molecule has 0 aliphatic carbocycles. The first kappa shape index (κ1) is 8.44. The SMILES string of the molecule is CC/C=C/C=C/[C@@H](C)O. The molecule has 0 saturated carbocycles. The molecule has 0 saturated heterocycles. The quantitative estimate of drug-likeness (QED) is 0.572. The van der Waals surface area contributed by atoms with E-state index >= 15 is 0 Å². The summed E-state index contributed by atoms with van der Waals surface area (Å²) >= 11 is 0. The molecule has 0 radical (unpaired) electrons. The van der Waals surface area contributed by atoms with Crippen molar-refractivity contribution in [3.05, 3.63) is 24.3 Å². The highest BCUT2D eigenvalue weighted by molar-refractivity contribution is 5.03. The third-order valence-corrected chi connectivity index (χ3v) is 0.873. The van der Waals surface area contributed by atoms with Crippen LogP contribution in [-0.4, -0.2) is 11.2 Å². The van der Waals surface area contributed by atoms with Crippen LogP contribution >= 0.6 is 0 Å². The molecule has 0 unspecified atom stereocenters. The van der Waals surface area contributed by atoms with Crippen molar-refractivity contribution in [2.45, 2.75) is 26.4 Å². The Morgan fingerprint density at radius 2 is 2.11 bits per heavy atom. The molecule has 9 heavy (non-hydrogen) atoms. The zero-order valence-corrected chi connectivity index (χ0v) is 6.04. The van der Waals surface area contributed by atoms with E-state index in [9.17, 15) is 0 Å². The van der Waals surface area contributed by atoms with Crippen LogP contribution in [0.5, 0.6) is 0 Å². The third-order valence-electron chi connectivity index (χ3n) is 0.873. The summed E-state index contributed by atoms with van der Waals surface area (Å²) in [5, 5.41) is 8.73. The van der Waals surface area contributed by atoms with Gasteiger partial charge >= 0.3 is 0 Å². The standard InChI is InChI=1S/C8H14O/c1-3-4-5-6-7-8(2)9/h4-9H,3H2,1-2H3/b5-4+,7-6+/t8-/m1/s1. The van der Waals surface area contributed by atoms with Crippen LogP contribution < -0.4 is 0 Å². The van der Waals surface area contributed by atoms with Crippen molar-refractivity contribution in [2.24, 2.45) is 0 Å². The first-order valence-electron chi connectivity index (χ1n) is 3.28. The van der Waals surface area contributed by atoms with Crippen LogP contribution in [0.4, 0.5) is 0 Å². The summed E-state index contributed by atoms with van der Waals surface area (Å²) in [6.45, 7) is 3.81. The van der Waals surface area contributed by atoms with Gasteiger partial charge in [0.1, 0.15) is 0 Å². The lowest BCUT2D eigenvalue weighted by Gasteiger charge is -1.88. The van der Waals surface area contributed by atoms with E-state index in [0.29, 0.717) is 0 Å². The lowest BCUT2D eigenvalue weighted by atomic mass is 10.3. The molecule has 1 atom stereocenters. The van der Waals surface area contributed by atoms with E-state index in [4.69, 9.17) is 5.11 Å². The maximum absolute atomic E-state index is 8.73. The second kappa shape index (κ2) is 5.57. The Morgan fingerprint density at radius 3 is 2.56 bits per heavy atom. The minimum atomic E-state index is -0.327. The highest BCUT2D eigenvalue weighted by atomic mass is 16.3. The van der Waals surface area contributed by atoms with Crippen LogP contribution in [0.3, 0.4) is 0 Å². The summed E-state index contributed by atoms with van der Waals surface area (Å²) in [5.74, 6) is 0. The summed E-state index contributed by atoms with van der Waals surface area (Å²) in [6, 6.07) is 0. The Bertz CT molecular complexity index is 101. The number of allylic oxidation sites excluding steroid dienone is 3. The molecular formula is C8H14O. The van der Waals surface area contributed by atoms with Gasteiger partial charge in [-0.25, -0.2) is 0 Å². The van der Waals surface area contributed by atoms with Gasteiger partial charge in [0.2, 0.25) is 0 Å². The first-order valence-corrected chi connectivity index (χ1v) is 3.28. The van der Waals surface area contributed by atoms with Crippen molar-refractivity contribution < 1.29 is 5.11 Å². The fourth-order valence-electron chi connectivity index (χ4n) is 0.440. The van der Waals surface area contributed by atoms with Gasteiger partial charge < -0.3 is 5.11 Å². The molecule has 0 heterocycles. The number of hydrogen-bond acceptors (Lipinski definition) is 1. The van der Waals surface area contributed by atoms with E-state index in [1.807, 2.05) is 18.2 Å². The van der Waals surface area contributed by atoms with Gasteiger partial charge in [-0.05, 0) is 13.3 Å². The molecule has 0 amide bonds. The van der Waals surface area contributed by atoms with Gasteiger partial charge in [0.25, 0.3) is 0 Å². The summed E-state index contributed by atoms with van der Waals surface area (Å²) in [5.41, 5.74) is 0. The second-order valence-corrected chi connectivity index (χ2v) is 1.96. The van der Waals surface area contributed by atoms with E-state index in [2.05, 4.69) is 6.92 Å². The Balaban J connectivity index is 3.35. The Kier molecular flexibility index (Phi) is 5.23. The highest BCUT2D eigenvalue weighted by Gasteiger charge is 1.79. The van der Waals surface area contributed by atoms with Gasteiger partial charge in [0.05, 0.1) is 6.10 Å². The fourth-order valence-corrected chi connectivity index (χ4v) is 0.440. The molecule has 0 aromatic heterocycles. The van der Waals surface area contributed by atoms with Crippen LogP contribution in [0.25, 0.3) is 0 Å². The Labute approximate surface area is 56.7 Å². The zero-order valence-electron chi connectivity index (χ0n) is 6.04. The molecule has 0 aromatic carbocycles. The van der Waals surface area contributed by atoms with Crippen molar-refractivity contribution in [1.82, 2.24) is 0 Å². The molecule has 0 aromatic rings. The lowest BCUT2D eigenvalue weighted by molar-refractivity contribution is 0.244. The molecule has 0 aliphatic heterocycles. The summed E-state index contributed by atoms with van der Waals surface area (Å²) < 4.78 is 0. The van der Waals surface area contributed by atoms with E-state index in [1.165, 1.54) is 0 Å². The largest absolute Gasteiger partial charge is 0.389 e. The maximum atomic E-state index is 8.73. The van der Waals surface area contributed by atoms with E-state index in [-0.39, 0.29) is 6.10 Å². The molecule has 0 aliphatic rings. The minimum absolute atomic E-state index is 0.327. The molecule has 0 rings (SSSR count). The van der Waals surface area contributed by atoms with Gasteiger partial charge in [-0.1, -0.05) is 31.2 Å².